The Morgan fingerprint density at radius 1 is 1.47 bits per heavy atom. The van der Waals surface area contributed by atoms with E-state index in [9.17, 15) is 13.2 Å². The lowest BCUT2D eigenvalue weighted by molar-refractivity contribution is -0.120. The van der Waals surface area contributed by atoms with Crippen LogP contribution in [0.15, 0.2) is 23.1 Å². The summed E-state index contributed by atoms with van der Waals surface area (Å²) in [4.78, 5) is 10.8. The monoisotopic (exact) mass is 276 g/mol. The van der Waals surface area contributed by atoms with E-state index in [4.69, 9.17) is 23.1 Å². The number of amides is 1. The topological polar surface area (TPSA) is 103 Å². The second-order valence-electron chi connectivity index (χ2n) is 3.77. The number of hydrogen-bond donors (Lipinski definition) is 2. The summed E-state index contributed by atoms with van der Waals surface area (Å²) < 4.78 is 23.9. The van der Waals surface area contributed by atoms with Gasteiger partial charge in [-0.2, -0.15) is 0 Å². The van der Waals surface area contributed by atoms with Gasteiger partial charge in [-0.1, -0.05) is 18.5 Å². The largest absolute Gasteiger partial charge is 0.398 e. The normalized spacial score (nSPS) is 13.3. The van der Waals surface area contributed by atoms with Crippen molar-refractivity contribution >= 4 is 33.0 Å². The molecule has 4 N–H and O–H groups in total. The molecule has 17 heavy (non-hydrogen) atoms. The van der Waals surface area contributed by atoms with Crippen molar-refractivity contribution in [3.05, 3.63) is 23.2 Å². The van der Waals surface area contributed by atoms with Crippen molar-refractivity contribution in [1.29, 1.82) is 0 Å². The van der Waals surface area contributed by atoms with Gasteiger partial charge >= 0.3 is 0 Å². The number of carbonyl (C=O) groups excluding carboxylic acids is 1. The minimum atomic E-state index is -3.67. The van der Waals surface area contributed by atoms with Gasteiger partial charge in [0.05, 0.1) is 16.3 Å². The second kappa shape index (κ2) is 4.93. The molecule has 0 spiro atoms. The molecule has 1 amide bonds. The Hall–Kier alpha value is -1.27. The lowest BCUT2D eigenvalue weighted by Gasteiger charge is -2.10. The summed E-state index contributed by atoms with van der Waals surface area (Å²) in [5.74, 6) is -1.83. The zero-order valence-electron chi connectivity index (χ0n) is 9.18. The van der Waals surface area contributed by atoms with Crippen LogP contribution in [0.5, 0.6) is 0 Å². The molecule has 5 nitrogen and oxygen atoms in total. The third-order valence-corrected chi connectivity index (χ3v) is 4.46. The summed E-state index contributed by atoms with van der Waals surface area (Å²) in [6.07, 6.45) is 0. The van der Waals surface area contributed by atoms with Gasteiger partial charge in [-0.25, -0.2) is 8.42 Å². The van der Waals surface area contributed by atoms with Crippen molar-refractivity contribution in [3.63, 3.8) is 0 Å². The predicted octanol–water partition coefficient (Wildman–Crippen LogP) is 0.817. The number of sulfone groups is 1. The zero-order chi connectivity index (χ0) is 13.2. The SMILES string of the molecule is CC(CS(=O)(=O)c1cc(Cl)ccc1N)C(N)=O. The standard InChI is InChI=1S/C10H13ClN2O3S/c1-6(10(13)14)5-17(15,16)9-4-7(11)2-3-8(9)12/h2-4,6H,5,12H2,1H3,(H2,13,14). The molecule has 0 radical (unpaired) electrons. The van der Waals surface area contributed by atoms with Gasteiger partial charge in [0.2, 0.25) is 5.91 Å². The molecule has 0 heterocycles. The highest BCUT2D eigenvalue weighted by Gasteiger charge is 2.23. The smallest absolute Gasteiger partial charge is 0.221 e. The van der Waals surface area contributed by atoms with Crippen LogP contribution in [-0.2, 0) is 14.6 Å². The summed E-state index contributed by atoms with van der Waals surface area (Å²) in [6, 6.07) is 4.16. The number of primary amides is 1. The molecule has 0 aliphatic heterocycles. The van der Waals surface area contributed by atoms with Crippen molar-refractivity contribution < 1.29 is 13.2 Å². The average molecular weight is 277 g/mol. The van der Waals surface area contributed by atoms with Gasteiger partial charge in [-0.15, -0.1) is 0 Å². The quantitative estimate of drug-likeness (QED) is 0.795. The number of hydrogen-bond acceptors (Lipinski definition) is 4. The third-order valence-electron chi connectivity index (χ3n) is 2.27. The van der Waals surface area contributed by atoms with Crippen molar-refractivity contribution in [1.82, 2.24) is 0 Å². The number of benzene rings is 1. The van der Waals surface area contributed by atoms with E-state index in [0.717, 1.165) is 0 Å². The minimum Gasteiger partial charge on any atom is -0.398 e. The molecule has 1 aromatic carbocycles. The van der Waals surface area contributed by atoms with Crippen LogP contribution >= 0.6 is 11.6 Å². The van der Waals surface area contributed by atoms with Crippen molar-refractivity contribution in [2.75, 3.05) is 11.5 Å². The Morgan fingerprint density at radius 3 is 2.59 bits per heavy atom. The third kappa shape index (κ3) is 3.34. The van der Waals surface area contributed by atoms with Gasteiger partial charge in [0.25, 0.3) is 0 Å². The number of nitrogens with two attached hydrogens (primary N) is 2. The first-order chi connectivity index (χ1) is 7.74. The number of halogens is 1. The molecule has 1 atom stereocenters. The predicted molar refractivity (Wildman–Crippen MR) is 66.3 cm³/mol. The Labute approximate surface area is 105 Å². The van der Waals surface area contributed by atoms with Crippen molar-refractivity contribution in [3.8, 4) is 0 Å². The lowest BCUT2D eigenvalue weighted by atomic mass is 10.2. The van der Waals surface area contributed by atoms with Gasteiger partial charge in [0, 0.05) is 10.9 Å². The zero-order valence-corrected chi connectivity index (χ0v) is 10.8. The molecule has 0 fully saturated rings. The highest BCUT2D eigenvalue weighted by Crippen LogP contribution is 2.24. The maximum atomic E-state index is 12.0. The van der Waals surface area contributed by atoms with Crippen LogP contribution in [0.2, 0.25) is 5.02 Å². The van der Waals surface area contributed by atoms with E-state index in [-0.39, 0.29) is 21.4 Å². The molecule has 0 saturated heterocycles. The minimum absolute atomic E-state index is 0.0712. The molecule has 94 valence electrons. The first-order valence-corrected chi connectivity index (χ1v) is 6.84. The van der Waals surface area contributed by atoms with Crippen LogP contribution in [0, 0.1) is 5.92 Å². The van der Waals surface area contributed by atoms with E-state index in [2.05, 4.69) is 0 Å². The van der Waals surface area contributed by atoms with Crippen LogP contribution < -0.4 is 11.5 Å². The highest BCUT2D eigenvalue weighted by atomic mass is 35.5. The van der Waals surface area contributed by atoms with Crippen molar-refractivity contribution in [2.45, 2.75) is 11.8 Å². The number of nitrogen functional groups attached to an aromatic ring is 1. The first-order valence-electron chi connectivity index (χ1n) is 4.81. The highest BCUT2D eigenvalue weighted by molar-refractivity contribution is 7.91. The Bertz CT molecular complexity index is 542. The molecule has 0 saturated carbocycles. The fourth-order valence-electron chi connectivity index (χ4n) is 1.28. The molecule has 1 rings (SSSR count). The van der Waals surface area contributed by atoms with Gasteiger partial charge < -0.3 is 11.5 Å². The van der Waals surface area contributed by atoms with Gasteiger partial charge in [0.15, 0.2) is 9.84 Å². The number of anilines is 1. The lowest BCUT2D eigenvalue weighted by Crippen LogP contribution is -2.27. The Morgan fingerprint density at radius 2 is 2.06 bits per heavy atom. The summed E-state index contributed by atoms with van der Waals surface area (Å²) >= 11 is 5.71. The van der Waals surface area contributed by atoms with Crippen LogP contribution in [0.25, 0.3) is 0 Å². The van der Waals surface area contributed by atoms with E-state index in [1.165, 1.54) is 25.1 Å². The molecule has 7 heteroatoms. The Kier molecular flexibility index (Phi) is 4.00. The van der Waals surface area contributed by atoms with E-state index < -0.39 is 21.7 Å². The summed E-state index contributed by atoms with van der Waals surface area (Å²) in [6.45, 7) is 1.45. The molecule has 0 aliphatic rings. The van der Waals surface area contributed by atoms with E-state index in [0.29, 0.717) is 0 Å². The fourth-order valence-corrected chi connectivity index (χ4v) is 3.25. The number of carbonyl (C=O) groups is 1. The van der Waals surface area contributed by atoms with Crippen LogP contribution in [0.4, 0.5) is 5.69 Å². The maximum Gasteiger partial charge on any atom is 0.221 e. The van der Waals surface area contributed by atoms with E-state index >= 15 is 0 Å². The van der Waals surface area contributed by atoms with Gasteiger partial charge in [-0.3, -0.25) is 4.79 Å². The molecule has 1 unspecified atom stereocenters. The molecule has 1 aromatic rings. The number of rotatable bonds is 4. The molecule has 0 aromatic heterocycles. The Balaban J connectivity index is 3.13. The molecular weight excluding hydrogens is 264 g/mol. The van der Waals surface area contributed by atoms with Crippen LogP contribution in [-0.4, -0.2) is 20.1 Å². The van der Waals surface area contributed by atoms with Crippen LogP contribution in [0.1, 0.15) is 6.92 Å². The van der Waals surface area contributed by atoms with Gasteiger partial charge in [-0.05, 0) is 18.2 Å². The fraction of sp³-hybridized carbons (Fsp3) is 0.300. The van der Waals surface area contributed by atoms with E-state index in [1.807, 2.05) is 0 Å². The average Bonchev–Trinajstić information content (AvgIpc) is 2.20. The van der Waals surface area contributed by atoms with E-state index in [1.54, 1.807) is 0 Å². The van der Waals surface area contributed by atoms with Crippen molar-refractivity contribution in [2.24, 2.45) is 11.7 Å². The second-order valence-corrected chi connectivity index (χ2v) is 6.21. The maximum absolute atomic E-state index is 12.0. The summed E-state index contributed by atoms with van der Waals surface area (Å²) in [5, 5.41) is 0.268. The summed E-state index contributed by atoms with van der Waals surface area (Å²) in [5.41, 5.74) is 10.7. The molecule has 0 bridgehead atoms. The van der Waals surface area contributed by atoms with Gasteiger partial charge in [0.1, 0.15) is 0 Å². The molecule has 0 aliphatic carbocycles. The first kappa shape index (κ1) is 13.8. The summed E-state index contributed by atoms with van der Waals surface area (Å²) in [7, 11) is -3.67. The van der Waals surface area contributed by atoms with Crippen LogP contribution in [0.3, 0.4) is 0 Å². The molecular formula is C10H13ClN2O3S.